The normalized spacial score (nSPS) is 10.5. The molecule has 0 radical (unpaired) electrons. The van der Waals surface area contributed by atoms with E-state index < -0.39 is 9.84 Å². The molecule has 0 aliphatic heterocycles. The number of anilines is 1. The Bertz CT molecular complexity index is 631. The minimum absolute atomic E-state index is 0.156. The summed E-state index contributed by atoms with van der Waals surface area (Å²) in [6.07, 6.45) is 0. The van der Waals surface area contributed by atoms with E-state index in [0.717, 1.165) is 5.56 Å². The average Bonchev–Trinajstić information content (AvgIpc) is 2.42. The van der Waals surface area contributed by atoms with Gasteiger partial charge in [-0.25, -0.2) is 8.42 Å². The highest BCUT2D eigenvalue weighted by atomic mass is 32.2. The van der Waals surface area contributed by atoms with Crippen molar-refractivity contribution in [3.63, 3.8) is 0 Å². The Morgan fingerprint density at radius 3 is 1.95 bits per heavy atom. The van der Waals surface area contributed by atoms with Crippen LogP contribution in [0.25, 0.3) is 0 Å². The Kier molecular flexibility index (Phi) is 5.12. The Balaban J connectivity index is 0.000000861. The van der Waals surface area contributed by atoms with Crippen LogP contribution in [-0.4, -0.2) is 8.42 Å². The number of benzene rings is 2. The molecule has 0 heterocycles. The van der Waals surface area contributed by atoms with Gasteiger partial charge in [-0.2, -0.15) is 0 Å². The number of hydrogen-bond donors (Lipinski definition) is 1. The lowest BCUT2D eigenvalue weighted by atomic mass is 10.2. The van der Waals surface area contributed by atoms with Crippen molar-refractivity contribution < 1.29 is 8.42 Å². The maximum Gasteiger partial charge on any atom is 0.208 e. The van der Waals surface area contributed by atoms with Crippen LogP contribution >= 0.6 is 0 Å². The molecule has 0 unspecified atom stereocenters. The monoisotopic (exact) mass is 277 g/mol. The molecule has 0 aliphatic rings. The van der Waals surface area contributed by atoms with Crippen LogP contribution in [-0.2, 0) is 9.84 Å². The number of nitrogen functional groups attached to an aromatic ring is 1. The van der Waals surface area contributed by atoms with Crippen LogP contribution in [0.2, 0.25) is 0 Å². The van der Waals surface area contributed by atoms with Gasteiger partial charge in [0.1, 0.15) is 0 Å². The zero-order valence-corrected chi connectivity index (χ0v) is 12.2. The highest BCUT2D eigenvalue weighted by Crippen LogP contribution is 2.25. The number of nitrogens with two attached hydrogens (primary N) is 1. The van der Waals surface area contributed by atoms with Gasteiger partial charge in [-0.3, -0.25) is 0 Å². The van der Waals surface area contributed by atoms with Crippen LogP contribution in [0.3, 0.4) is 0 Å². The molecule has 3 nitrogen and oxygen atoms in total. The molecule has 2 N–H and O–H groups in total. The third-order valence-corrected chi connectivity index (χ3v) is 4.38. The second-order valence-corrected chi connectivity index (χ2v) is 5.77. The fraction of sp³-hybridized carbons (Fsp3) is 0.200. The molecule has 102 valence electrons. The van der Waals surface area contributed by atoms with Gasteiger partial charge in [0.2, 0.25) is 9.84 Å². The van der Waals surface area contributed by atoms with Crippen molar-refractivity contribution in [2.75, 3.05) is 5.73 Å². The fourth-order valence-electron chi connectivity index (χ4n) is 1.57. The molecule has 0 fully saturated rings. The van der Waals surface area contributed by atoms with Gasteiger partial charge in [-0.15, -0.1) is 0 Å². The summed E-state index contributed by atoms with van der Waals surface area (Å²) >= 11 is 0. The summed E-state index contributed by atoms with van der Waals surface area (Å²) in [5.74, 6) is 0. The van der Waals surface area contributed by atoms with Gasteiger partial charge in [0, 0.05) is 0 Å². The van der Waals surface area contributed by atoms with Crippen molar-refractivity contribution >= 4 is 15.5 Å². The second-order valence-electron chi connectivity index (χ2n) is 3.85. The van der Waals surface area contributed by atoms with Gasteiger partial charge >= 0.3 is 0 Å². The van der Waals surface area contributed by atoms with Crippen LogP contribution in [0.5, 0.6) is 0 Å². The van der Waals surface area contributed by atoms with Crippen molar-refractivity contribution in [1.82, 2.24) is 0 Å². The molecule has 19 heavy (non-hydrogen) atoms. The molecular weight excluding hydrogens is 258 g/mol. The zero-order chi connectivity index (χ0) is 14.5. The van der Waals surface area contributed by atoms with Crippen molar-refractivity contribution in [3.05, 3.63) is 54.1 Å². The lowest BCUT2D eigenvalue weighted by molar-refractivity contribution is 0.596. The molecule has 0 saturated carbocycles. The smallest absolute Gasteiger partial charge is 0.208 e. The maximum atomic E-state index is 12.3. The molecule has 0 aromatic heterocycles. The zero-order valence-electron chi connectivity index (χ0n) is 11.4. The lowest BCUT2D eigenvalue weighted by Gasteiger charge is -2.07. The minimum atomic E-state index is -3.51. The predicted octanol–water partition coefficient (Wildman–Crippen LogP) is 3.44. The van der Waals surface area contributed by atoms with E-state index in [0.29, 0.717) is 0 Å². The van der Waals surface area contributed by atoms with E-state index in [1.165, 1.54) is 6.07 Å². The fourth-order valence-corrected chi connectivity index (χ4v) is 2.95. The number of rotatable bonds is 2. The maximum absolute atomic E-state index is 12.3. The van der Waals surface area contributed by atoms with E-state index in [4.69, 9.17) is 5.73 Å². The van der Waals surface area contributed by atoms with Gasteiger partial charge in [-0.05, 0) is 31.2 Å². The molecule has 0 bridgehead atoms. The molecule has 4 heteroatoms. The molecule has 0 amide bonds. The van der Waals surface area contributed by atoms with Crippen molar-refractivity contribution in [1.29, 1.82) is 0 Å². The van der Waals surface area contributed by atoms with E-state index in [1.807, 2.05) is 20.8 Å². The number of hydrogen-bond acceptors (Lipinski definition) is 3. The first-order valence-corrected chi connectivity index (χ1v) is 7.66. The van der Waals surface area contributed by atoms with Crippen LogP contribution < -0.4 is 5.73 Å². The topological polar surface area (TPSA) is 60.2 Å². The summed E-state index contributed by atoms with van der Waals surface area (Å²) in [4.78, 5) is 0.421. The standard InChI is InChI=1S/C13H13NO2S.C2H6/c1-10-6-8-11(9-7-10)17(15,16)13-5-3-2-4-12(13)14;1-2/h2-9H,14H2,1H3;1-2H3. The molecule has 0 spiro atoms. The van der Waals surface area contributed by atoms with Crippen molar-refractivity contribution in [2.24, 2.45) is 0 Å². The van der Waals surface area contributed by atoms with Crippen LogP contribution in [0.15, 0.2) is 58.3 Å². The number of para-hydroxylation sites is 1. The van der Waals surface area contributed by atoms with Gasteiger partial charge in [-0.1, -0.05) is 43.7 Å². The third-order valence-electron chi connectivity index (χ3n) is 2.54. The lowest BCUT2D eigenvalue weighted by Crippen LogP contribution is -2.05. The first-order valence-electron chi connectivity index (χ1n) is 6.18. The second kappa shape index (κ2) is 6.38. The molecule has 0 aliphatic carbocycles. The van der Waals surface area contributed by atoms with Crippen molar-refractivity contribution in [3.8, 4) is 0 Å². The SMILES string of the molecule is CC.Cc1ccc(S(=O)(=O)c2ccccc2N)cc1. The minimum Gasteiger partial charge on any atom is -0.398 e. The molecule has 2 aromatic rings. The Labute approximate surface area is 115 Å². The highest BCUT2D eigenvalue weighted by molar-refractivity contribution is 7.91. The first kappa shape index (κ1) is 15.2. The molecular formula is C15H19NO2S. The first-order chi connectivity index (χ1) is 9.01. The van der Waals surface area contributed by atoms with Gasteiger partial charge < -0.3 is 5.73 Å². The quantitative estimate of drug-likeness (QED) is 0.855. The van der Waals surface area contributed by atoms with Gasteiger partial charge in [0.05, 0.1) is 15.5 Å². The van der Waals surface area contributed by atoms with E-state index in [-0.39, 0.29) is 15.5 Å². The van der Waals surface area contributed by atoms with Gasteiger partial charge in [0.25, 0.3) is 0 Å². The van der Waals surface area contributed by atoms with E-state index in [1.54, 1.807) is 42.5 Å². The van der Waals surface area contributed by atoms with Crippen LogP contribution in [0, 0.1) is 6.92 Å². The Morgan fingerprint density at radius 1 is 0.895 bits per heavy atom. The number of sulfone groups is 1. The summed E-state index contributed by atoms with van der Waals surface area (Å²) in [5.41, 5.74) is 6.98. The Morgan fingerprint density at radius 2 is 1.42 bits per heavy atom. The molecule has 0 saturated heterocycles. The third kappa shape index (κ3) is 3.35. The average molecular weight is 277 g/mol. The van der Waals surface area contributed by atoms with Crippen molar-refractivity contribution in [2.45, 2.75) is 30.6 Å². The molecule has 0 atom stereocenters. The van der Waals surface area contributed by atoms with Crippen LogP contribution in [0.4, 0.5) is 5.69 Å². The summed E-state index contributed by atoms with van der Waals surface area (Å²) in [7, 11) is -3.51. The summed E-state index contributed by atoms with van der Waals surface area (Å²) in [5, 5.41) is 0. The largest absolute Gasteiger partial charge is 0.398 e. The Hall–Kier alpha value is -1.81. The van der Waals surface area contributed by atoms with E-state index in [9.17, 15) is 8.42 Å². The highest BCUT2D eigenvalue weighted by Gasteiger charge is 2.19. The van der Waals surface area contributed by atoms with Gasteiger partial charge in [0.15, 0.2) is 0 Å². The summed E-state index contributed by atoms with van der Waals surface area (Å²) in [6, 6.07) is 13.2. The van der Waals surface area contributed by atoms with E-state index >= 15 is 0 Å². The van der Waals surface area contributed by atoms with E-state index in [2.05, 4.69) is 0 Å². The van der Waals surface area contributed by atoms with Crippen LogP contribution in [0.1, 0.15) is 19.4 Å². The number of aryl methyl sites for hydroxylation is 1. The molecule has 2 rings (SSSR count). The summed E-state index contributed by atoms with van der Waals surface area (Å²) < 4.78 is 24.6. The summed E-state index contributed by atoms with van der Waals surface area (Å²) in [6.45, 7) is 5.91. The predicted molar refractivity (Wildman–Crippen MR) is 78.8 cm³/mol. The molecule has 2 aromatic carbocycles.